The standard InChI is InChI=1S/C13H11ClN4O2/c14-10-6-8(15)3-4-11(10)18-13(20)12(19)17-9-2-1-5-16-7-9/h1-7H,15H2,(H,17,19)(H,18,20). The molecule has 2 aromatic rings. The molecule has 0 spiro atoms. The van der Waals surface area contributed by atoms with Gasteiger partial charge in [0.1, 0.15) is 0 Å². The molecule has 6 nitrogen and oxygen atoms in total. The van der Waals surface area contributed by atoms with E-state index in [9.17, 15) is 9.59 Å². The lowest BCUT2D eigenvalue weighted by Gasteiger charge is -2.08. The number of benzene rings is 1. The quantitative estimate of drug-likeness (QED) is 0.581. The number of aromatic nitrogens is 1. The third kappa shape index (κ3) is 3.46. The first kappa shape index (κ1) is 13.8. The van der Waals surface area contributed by atoms with Crippen LogP contribution in [0.3, 0.4) is 0 Å². The molecule has 0 radical (unpaired) electrons. The minimum absolute atomic E-state index is 0.257. The van der Waals surface area contributed by atoms with Crippen LogP contribution in [0.15, 0.2) is 42.7 Å². The molecule has 0 saturated heterocycles. The van der Waals surface area contributed by atoms with Crippen molar-refractivity contribution in [3.8, 4) is 0 Å². The van der Waals surface area contributed by atoms with Crippen molar-refractivity contribution in [3.05, 3.63) is 47.7 Å². The molecule has 0 aliphatic heterocycles. The lowest BCUT2D eigenvalue weighted by Crippen LogP contribution is -2.29. The molecule has 20 heavy (non-hydrogen) atoms. The van der Waals surface area contributed by atoms with E-state index < -0.39 is 11.8 Å². The highest BCUT2D eigenvalue weighted by atomic mass is 35.5. The molecule has 0 aliphatic carbocycles. The van der Waals surface area contributed by atoms with Gasteiger partial charge in [0.2, 0.25) is 0 Å². The maximum atomic E-state index is 11.7. The molecule has 0 saturated carbocycles. The van der Waals surface area contributed by atoms with E-state index in [0.29, 0.717) is 17.1 Å². The van der Waals surface area contributed by atoms with E-state index in [1.807, 2.05) is 0 Å². The summed E-state index contributed by atoms with van der Waals surface area (Å²) in [6.07, 6.45) is 2.99. The fourth-order valence-electron chi connectivity index (χ4n) is 1.44. The molecule has 1 aromatic heterocycles. The SMILES string of the molecule is Nc1ccc(NC(=O)C(=O)Nc2cccnc2)c(Cl)c1. The summed E-state index contributed by atoms with van der Waals surface area (Å²) in [6.45, 7) is 0. The van der Waals surface area contributed by atoms with Crippen LogP contribution in [0.2, 0.25) is 5.02 Å². The molecule has 0 fully saturated rings. The van der Waals surface area contributed by atoms with Gasteiger partial charge >= 0.3 is 11.8 Å². The Labute approximate surface area is 120 Å². The number of carbonyl (C=O) groups excluding carboxylic acids is 2. The predicted molar refractivity (Wildman–Crippen MR) is 77.4 cm³/mol. The van der Waals surface area contributed by atoms with Crippen molar-refractivity contribution in [1.29, 1.82) is 0 Å². The van der Waals surface area contributed by atoms with Gasteiger partial charge in [0.05, 0.1) is 22.6 Å². The van der Waals surface area contributed by atoms with Crippen LogP contribution in [0.4, 0.5) is 17.1 Å². The number of nitrogens with zero attached hydrogens (tertiary/aromatic N) is 1. The van der Waals surface area contributed by atoms with E-state index >= 15 is 0 Å². The van der Waals surface area contributed by atoms with Gasteiger partial charge in [-0.15, -0.1) is 0 Å². The third-order valence-corrected chi connectivity index (χ3v) is 2.68. The molecular weight excluding hydrogens is 280 g/mol. The summed E-state index contributed by atoms with van der Waals surface area (Å²) in [5.74, 6) is -1.65. The molecule has 0 bridgehead atoms. The lowest BCUT2D eigenvalue weighted by atomic mass is 10.3. The Balaban J connectivity index is 2.03. The summed E-state index contributed by atoms with van der Waals surface area (Å²) >= 11 is 5.90. The van der Waals surface area contributed by atoms with Crippen LogP contribution >= 0.6 is 11.6 Å². The number of hydrogen-bond acceptors (Lipinski definition) is 4. The zero-order valence-electron chi connectivity index (χ0n) is 10.3. The first-order chi connectivity index (χ1) is 9.56. The van der Waals surface area contributed by atoms with Gasteiger partial charge in [-0.2, -0.15) is 0 Å². The smallest absolute Gasteiger partial charge is 0.314 e. The number of halogens is 1. The van der Waals surface area contributed by atoms with Crippen LogP contribution in [0.1, 0.15) is 0 Å². The first-order valence-corrected chi connectivity index (χ1v) is 6.01. The van der Waals surface area contributed by atoms with Gasteiger partial charge in [0.25, 0.3) is 0 Å². The van der Waals surface area contributed by atoms with Crippen molar-refractivity contribution >= 4 is 40.5 Å². The molecule has 7 heteroatoms. The third-order valence-electron chi connectivity index (χ3n) is 2.37. The summed E-state index contributed by atoms with van der Waals surface area (Å²) in [5.41, 5.74) is 6.74. The molecular formula is C13H11ClN4O2. The predicted octanol–water partition coefficient (Wildman–Crippen LogP) is 1.89. The van der Waals surface area contributed by atoms with Crippen LogP contribution in [-0.2, 0) is 9.59 Å². The molecule has 0 aliphatic rings. The van der Waals surface area contributed by atoms with Crippen molar-refractivity contribution in [2.75, 3.05) is 16.4 Å². The van der Waals surface area contributed by atoms with Crippen LogP contribution in [0.5, 0.6) is 0 Å². The van der Waals surface area contributed by atoms with Crippen molar-refractivity contribution in [3.63, 3.8) is 0 Å². The topological polar surface area (TPSA) is 97.1 Å². The zero-order chi connectivity index (χ0) is 14.5. The van der Waals surface area contributed by atoms with Crippen molar-refractivity contribution in [2.24, 2.45) is 0 Å². The molecule has 1 aromatic carbocycles. The van der Waals surface area contributed by atoms with Crippen LogP contribution in [0, 0.1) is 0 Å². The average Bonchev–Trinajstić information content (AvgIpc) is 2.43. The van der Waals surface area contributed by atoms with Crippen LogP contribution < -0.4 is 16.4 Å². The van der Waals surface area contributed by atoms with Gasteiger partial charge in [-0.05, 0) is 30.3 Å². The van der Waals surface area contributed by atoms with E-state index in [0.717, 1.165) is 0 Å². The van der Waals surface area contributed by atoms with Crippen LogP contribution in [-0.4, -0.2) is 16.8 Å². The normalized spacial score (nSPS) is 9.85. The summed E-state index contributed by atoms with van der Waals surface area (Å²) in [6, 6.07) is 7.84. The van der Waals surface area contributed by atoms with Crippen molar-refractivity contribution in [1.82, 2.24) is 4.98 Å². The Kier molecular flexibility index (Phi) is 4.17. The molecule has 0 unspecified atom stereocenters. The Hall–Kier alpha value is -2.60. The minimum Gasteiger partial charge on any atom is -0.399 e. The van der Waals surface area contributed by atoms with E-state index in [-0.39, 0.29) is 5.02 Å². The first-order valence-electron chi connectivity index (χ1n) is 5.63. The second kappa shape index (κ2) is 6.03. The number of nitrogens with one attached hydrogen (secondary N) is 2. The monoisotopic (exact) mass is 290 g/mol. The Bertz CT molecular complexity index is 646. The maximum Gasteiger partial charge on any atom is 0.314 e. The molecule has 1 heterocycles. The van der Waals surface area contributed by atoms with E-state index in [1.165, 1.54) is 18.3 Å². The second-order valence-electron chi connectivity index (χ2n) is 3.89. The number of nitrogen functional groups attached to an aromatic ring is 1. The number of rotatable bonds is 2. The summed E-state index contributed by atoms with van der Waals surface area (Å²) < 4.78 is 0. The highest BCUT2D eigenvalue weighted by molar-refractivity contribution is 6.44. The minimum atomic E-state index is -0.833. The summed E-state index contributed by atoms with van der Waals surface area (Å²) in [7, 11) is 0. The molecule has 2 rings (SSSR count). The second-order valence-corrected chi connectivity index (χ2v) is 4.30. The lowest BCUT2D eigenvalue weighted by molar-refractivity contribution is -0.132. The van der Waals surface area contributed by atoms with Gasteiger partial charge in [-0.1, -0.05) is 11.6 Å². The Morgan fingerprint density at radius 3 is 2.55 bits per heavy atom. The van der Waals surface area contributed by atoms with E-state index in [1.54, 1.807) is 24.4 Å². The van der Waals surface area contributed by atoms with Gasteiger partial charge in [0, 0.05) is 11.9 Å². The highest BCUT2D eigenvalue weighted by Crippen LogP contribution is 2.23. The Morgan fingerprint density at radius 2 is 1.90 bits per heavy atom. The fraction of sp³-hybridized carbons (Fsp3) is 0. The van der Waals surface area contributed by atoms with Gasteiger partial charge < -0.3 is 16.4 Å². The number of pyridine rings is 1. The van der Waals surface area contributed by atoms with Gasteiger partial charge in [-0.3, -0.25) is 14.6 Å². The number of carbonyl (C=O) groups is 2. The van der Waals surface area contributed by atoms with E-state index in [4.69, 9.17) is 17.3 Å². The summed E-state index contributed by atoms with van der Waals surface area (Å²) in [4.78, 5) is 27.2. The molecule has 0 atom stereocenters. The number of anilines is 3. The fourth-order valence-corrected chi connectivity index (χ4v) is 1.67. The highest BCUT2D eigenvalue weighted by Gasteiger charge is 2.15. The zero-order valence-corrected chi connectivity index (χ0v) is 11.0. The number of nitrogens with two attached hydrogens (primary N) is 1. The van der Waals surface area contributed by atoms with Crippen molar-refractivity contribution in [2.45, 2.75) is 0 Å². The van der Waals surface area contributed by atoms with Crippen molar-refractivity contribution < 1.29 is 9.59 Å². The molecule has 4 N–H and O–H groups in total. The average molecular weight is 291 g/mol. The van der Waals surface area contributed by atoms with Crippen LogP contribution in [0.25, 0.3) is 0 Å². The summed E-state index contributed by atoms with van der Waals surface area (Å²) in [5, 5.41) is 5.07. The molecule has 102 valence electrons. The van der Waals surface area contributed by atoms with Gasteiger partial charge in [0.15, 0.2) is 0 Å². The maximum absolute atomic E-state index is 11.7. The number of hydrogen-bond donors (Lipinski definition) is 3. The Morgan fingerprint density at radius 1 is 1.15 bits per heavy atom. The largest absolute Gasteiger partial charge is 0.399 e. The van der Waals surface area contributed by atoms with Gasteiger partial charge in [-0.25, -0.2) is 0 Å². The number of amides is 2. The van der Waals surface area contributed by atoms with E-state index in [2.05, 4.69) is 15.6 Å². The molecule has 2 amide bonds.